The topological polar surface area (TPSA) is 34.9 Å². The zero-order valence-electron chi connectivity index (χ0n) is 13.0. The quantitative estimate of drug-likeness (QED) is 0.739. The number of unbranched alkanes of at least 4 members (excludes halogenated alkanes) is 1. The number of rotatable bonds is 6. The minimum Gasteiger partial charge on any atom is -0.323 e. The van der Waals surface area contributed by atoms with Crippen LogP contribution in [0.2, 0.25) is 0 Å². The average Bonchev–Trinajstić information content (AvgIpc) is 2.58. The molecule has 108 valence electrons. The molecule has 0 radical (unpaired) electrons. The van der Waals surface area contributed by atoms with E-state index in [0.717, 1.165) is 23.8 Å². The molecule has 0 spiro atoms. The van der Waals surface area contributed by atoms with E-state index in [9.17, 15) is 4.79 Å². The maximum absolute atomic E-state index is 12.0. The number of aromatic nitrogens is 2. The number of thioether (sulfide) groups is 1. The molecule has 0 aliphatic heterocycles. The molecule has 19 heavy (non-hydrogen) atoms. The van der Waals surface area contributed by atoms with Gasteiger partial charge in [0.15, 0.2) is 5.16 Å². The third-order valence-electron chi connectivity index (χ3n) is 3.33. The molecule has 4 heteroatoms. The molecule has 0 aromatic carbocycles. The molecule has 1 aromatic rings. The first-order valence-electron chi connectivity index (χ1n) is 6.97. The summed E-state index contributed by atoms with van der Waals surface area (Å²) in [4.78, 5) is 16.6. The minimum absolute atomic E-state index is 0.266. The second-order valence-electron chi connectivity index (χ2n) is 6.03. The highest BCUT2D eigenvalue weighted by atomic mass is 32.2. The Morgan fingerprint density at radius 3 is 2.47 bits per heavy atom. The molecule has 1 heterocycles. The van der Waals surface area contributed by atoms with Crippen molar-refractivity contribution in [3.63, 3.8) is 0 Å². The summed E-state index contributed by atoms with van der Waals surface area (Å²) in [5.41, 5.74) is 2.03. The van der Waals surface area contributed by atoms with Crippen LogP contribution < -0.4 is 0 Å². The van der Waals surface area contributed by atoms with Crippen LogP contribution in [0.5, 0.6) is 0 Å². The number of hydrogen-bond acceptors (Lipinski definition) is 3. The summed E-state index contributed by atoms with van der Waals surface area (Å²) in [6.45, 7) is 13.2. The fourth-order valence-corrected chi connectivity index (χ4v) is 2.94. The zero-order valence-corrected chi connectivity index (χ0v) is 13.9. The van der Waals surface area contributed by atoms with Crippen LogP contribution >= 0.6 is 11.8 Å². The van der Waals surface area contributed by atoms with E-state index in [1.54, 1.807) is 11.8 Å². The molecule has 1 aromatic heterocycles. The van der Waals surface area contributed by atoms with Crippen LogP contribution in [0, 0.1) is 19.3 Å². The number of imidazole rings is 1. The van der Waals surface area contributed by atoms with Gasteiger partial charge in [-0.05, 0) is 20.3 Å². The van der Waals surface area contributed by atoms with Crippen molar-refractivity contribution in [3.8, 4) is 0 Å². The van der Waals surface area contributed by atoms with Crippen LogP contribution in [0.4, 0.5) is 0 Å². The molecule has 0 amide bonds. The van der Waals surface area contributed by atoms with Gasteiger partial charge in [-0.1, -0.05) is 45.9 Å². The largest absolute Gasteiger partial charge is 0.323 e. The van der Waals surface area contributed by atoms with Gasteiger partial charge in [-0.25, -0.2) is 4.98 Å². The summed E-state index contributed by atoms with van der Waals surface area (Å²) in [5.74, 6) is 0.781. The summed E-state index contributed by atoms with van der Waals surface area (Å²) in [6.07, 6.45) is 2.32. The van der Waals surface area contributed by atoms with Crippen LogP contribution in [0.15, 0.2) is 5.16 Å². The highest BCUT2D eigenvalue weighted by molar-refractivity contribution is 7.99. The van der Waals surface area contributed by atoms with Gasteiger partial charge in [0.05, 0.1) is 11.4 Å². The maximum Gasteiger partial charge on any atom is 0.168 e. The van der Waals surface area contributed by atoms with E-state index in [-0.39, 0.29) is 11.2 Å². The summed E-state index contributed by atoms with van der Waals surface area (Å²) in [7, 11) is 0. The molecule has 0 atom stereocenters. The molecule has 0 N–H and O–H groups in total. The Bertz CT molecular complexity index is 444. The monoisotopic (exact) mass is 282 g/mol. The van der Waals surface area contributed by atoms with Gasteiger partial charge in [0, 0.05) is 17.7 Å². The van der Waals surface area contributed by atoms with Crippen molar-refractivity contribution in [2.24, 2.45) is 5.41 Å². The second kappa shape index (κ2) is 6.60. The zero-order chi connectivity index (χ0) is 14.6. The van der Waals surface area contributed by atoms with Crippen molar-refractivity contribution in [1.29, 1.82) is 0 Å². The smallest absolute Gasteiger partial charge is 0.168 e. The SMILES string of the molecule is CCCCn1c(SCC(=O)C(C)(C)C)nc(C)c1C. The summed E-state index contributed by atoms with van der Waals surface area (Å²) < 4.78 is 2.25. The van der Waals surface area contributed by atoms with E-state index in [4.69, 9.17) is 0 Å². The first-order chi connectivity index (χ1) is 8.77. The lowest BCUT2D eigenvalue weighted by atomic mass is 9.92. The highest BCUT2D eigenvalue weighted by Crippen LogP contribution is 2.25. The molecule has 0 aliphatic carbocycles. The molecule has 3 nitrogen and oxygen atoms in total. The molecule has 0 fully saturated rings. The fourth-order valence-electron chi connectivity index (χ4n) is 1.66. The summed E-state index contributed by atoms with van der Waals surface area (Å²) in [5, 5.41) is 0.987. The Labute approximate surface area is 121 Å². The first kappa shape index (κ1) is 16.3. The predicted molar refractivity (Wildman–Crippen MR) is 81.8 cm³/mol. The van der Waals surface area contributed by atoms with Gasteiger partial charge in [-0.15, -0.1) is 0 Å². The Morgan fingerprint density at radius 1 is 1.32 bits per heavy atom. The van der Waals surface area contributed by atoms with Gasteiger partial charge in [-0.2, -0.15) is 0 Å². The van der Waals surface area contributed by atoms with E-state index < -0.39 is 0 Å². The number of hydrogen-bond donors (Lipinski definition) is 0. The van der Waals surface area contributed by atoms with Crippen LogP contribution in [0.3, 0.4) is 0 Å². The number of nitrogens with zero attached hydrogens (tertiary/aromatic N) is 2. The van der Waals surface area contributed by atoms with Gasteiger partial charge in [-0.3, -0.25) is 4.79 Å². The lowest BCUT2D eigenvalue weighted by Crippen LogP contribution is -2.22. The third kappa shape index (κ3) is 4.37. The number of aryl methyl sites for hydroxylation is 1. The molecular formula is C15H26N2OS. The van der Waals surface area contributed by atoms with Gasteiger partial charge in [0.2, 0.25) is 0 Å². The van der Waals surface area contributed by atoms with Crippen molar-refractivity contribution in [2.45, 2.75) is 66.1 Å². The molecule has 0 unspecified atom stereocenters. The predicted octanol–water partition coefficient (Wildman–Crippen LogP) is 4.01. The number of ketones is 1. The van der Waals surface area contributed by atoms with Gasteiger partial charge >= 0.3 is 0 Å². The van der Waals surface area contributed by atoms with E-state index >= 15 is 0 Å². The molecule has 0 aliphatic rings. The molecule has 1 rings (SSSR count). The first-order valence-corrected chi connectivity index (χ1v) is 7.95. The van der Waals surface area contributed by atoms with Gasteiger partial charge in [0.25, 0.3) is 0 Å². The van der Waals surface area contributed by atoms with E-state index in [1.807, 2.05) is 27.7 Å². The highest BCUT2D eigenvalue weighted by Gasteiger charge is 2.22. The van der Waals surface area contributed by atoms with Crippen molar-refractivity contribution >= 4 is 17.5 Å². The number of Topliss-reactive ketones (excluding diaryl/α,β-unsaturated/α-hetero) is 1. The van der Waals surface area contributed by atoms with E-state index in [1.165, 1.54) is 12.1 Å². The van der Waals surface area contributed by atoms with Gasteiger partial charge in [0.1, 0.15) is 5.78 Å². The van der Waals surface area contributed by atoms with E-state index in [2.05, 4.69) is 23.4 Å². The van der Waals surface area contributed by atoms with Crippen LogP contribution in [-0.2, 0) is 11.3 Å². The summed E-state index contributed by atoms with van der Waals surface area (Å²) in [6, 6.07) is 0. The molecule has 0 bridgehead atoms. The maximum atomic E-state index is 12.0. The Kier molecular flexibility index (Phi) is 5.65. The van der Waals surface area contributed by atoms with Crippen LogP contribution in [0.25, 0.3) is 0 Å². The molecular weight excluding hydrogens is 256 g/mol. The second-order valence-corrected chi connectivity index (χ2v) is 6.97. The van der Waals surface area contributed by atoms with E-state index in [0.29, 0.717) is 5.75 Å². The molecule has 0 saturated carbocycles. The lowest BCUT2D eigenvalue weighted by Gasteiger charge is -2.16. The lowest BCUT2D eigenvalue weighted by molar-refractivity contribution is -0.123. The molecule has 0 saturated heterocycles. The number of carbonyl (C=O) groups excluding carboxylic acids is 1. The van der Waals surface area contributed by atoms with Crippen molar-refractivity contribution in [1.82, 2.24) is 9.55 Å². The van der Waals surface area contributed by atoms with Gasteiger partial charge < -0.3 is 4.57 Å². The Hall–Kier alpha value is -0.770. The average molecular weight is 282 g/mol. The van der Waals surface area contributed by atoms with Crippen LogP contribution in [-0.4, -0.2) is 21.1 Å². The minimum atomic E-state index is -0.266. The standard InChI is InChI=1S/C15H26N2OS/c1-7-8-9-17-12(3)11(2)16-14(17)19-10-13(18)15(4,5)6/h7-10H2,1-6H3. The van der Waals surface area contributed by atoms with Crippen molar-refractivity contribution < 1.29 is 4.79 Å². The normalized spacial score (nSPS) is 11.9. The Balaban J connectivity index is 2.78. The van der Waals surface area contributed by atoms with Crippen molar-refractivity contribution in [2.75, 3.05) is 5.75 Å². The van der Waals surface area contributed by atoms with Crippen molar-refractivity contribution in [3.05, 3.63) is 11.4 Å². The Morgan fingerprint density at radius 2 is 1.95 bits per heavy atom. The van der Waals surface area contributed by atoms with Crippen LogP contribution in [0.1, 0.15) is 51.9 Å². The summed E-state index contributed by atoms with van der Waals surface area (Å²) >= 11 is 1.57. The third-order valence-corrected chi connectivity index (χ3v) is 4.30. The fraction of sp³-hybridized carbons (Fsp3) is 0.733. The number of carbonyl (C=O) groups is 1.